The van der Waals surface area contributed by atoms with Crippen molar-refractivity contribution in [3.8, 4) is 16.2 Å². The predicted octanol–water partition coefficient (Wildman–Crippen LogP) is 8.37. The molecule has 0 radical (unpaired) electrons. The summed E-state index contributed by atoms with van der Waals surface area (Å²) >= 11 is 7.91. The number of benzene rings is 3. The average molecular weight is 490 g/mol. The first-order valence-corrected chi connectivity index (χ1v) is 12.7. The van der Waals surface area contributed by atoms with Gasteiger partial charge in [0.15, 0.2) is 0 Å². The standard InChI is InChI=1S/C29H28ClNO2S/c1-2-3-12-29(32)31(25-11-7-10-24(30)19-25)20-27-17-18-28(34-27)23-13-15-26(16-14-23)33-21-22-8-5-4-6-9-22/h4-11,13-19H,2-3,12,20-21H2,1H3. The van der Waals surface area contributed by atoms with Gasteiger partial charge in [0.25, 0.3) is 0 Å². The van der Waals surface area contributed by atoms with E-state index in [9.17, 15) is 4.79 Å². The quantitative estimate of drug-likeness (QED) is 0.224. The van der Waals surface area contributed by atoms with Gasteiger partial charge >= 0.3 is 0 Å². The van der Waals surface area contributed by atoms with Crippen molar-refractivity contribution < 1.29 is 9.53 Å². The number of hydrogen-bond acceptors (Lipinski definition) is 3. The highest BCUT2D eigenvalue weighted by Crippen LogP contribution is 2.32. The number of carbonyl (C=O) groups is 1. The van der Waals surface area contributed by atoms with Crippen molar-refractivity contribution in [2.24, 2.45) is 0 Å². The van der Waals surface area contributed by atoms with Crippen LogP contribution in [-0.4, -0.2) is 5.91 Å². The maximum absolute atomic E-state index is 13.0. The fourth-order valence-electron chi connectivity index (χ4n) is 3.66. The molecular weight excluding hydrogens is 462 g/mol. The summed E-state index contributed by atoms with van der Waals surface area (Å²) in [5.74, 6) is 0.969. The lowest BCUT2D eigenvalue weighted by Crippen LogP contribution is -2.29. The van der Waals surface area contributed by atoms with Gasteiger partial charge in [-0.05, 0) is 72.1 Å². The van der Waals surface area contributed by atoms with E-state index >= 15 is 0 Å². The summed E-state index contributed by atoms with van der Waals surface area (Å²) in [6, 6.07) is 30.1. The Kier molecular flexibility index (Phi) is 8.40. The van der Waals surface area contributed by atoms with Crippen LogP contribution in [0.3, 0.4) is 0 Å². The van der Waals surface area contributed by atoms with Crippen LogP contribution in [0.5, 0.6) is 5.75 Å². The smallest absolute Gasteiger partial charge is 0.227 e. The van der Waals surface area contributed by atoms with Gasteiger partial charge in [0.05, 0.1) is 6.54 Å². The molecule has 3 nitrogen and oxygen atoms in total. The van der Waals surface area contributed by atoms with E-state index in [1.807, 2.05) is 59.5 Å². The number of halogens is 1. The Hall–Kier alpha value is -3.08. The van der Waals surface area contributed by atoms with Crippen LogP contribution >= 0.6 is 22.9 Å². The first kappa shape index (κ1) is 24.1. The molecule has 0 unspecified atom stereocenters. The van der Waals surface area contributed by atoms with Gasteiger partial charge < -0.3 is 9.64 Å². The third-order valence-corrected chi connectivity index (χ3v) is 6.88. The summed E-state index contributed by atoms with van der Waals surface area (Å²) in [5, 5.41) is 0.632. The van der Waals surface area contributed by atoms with Crippen molar-refractivity contribution in [2.45, 2.75) is 39.3 Å². The number of rotatable bonds is 10. The number of ether oxygens (including phenoxy) is 1. The Morgan fingerprint density at radius 3 is 2.47 bits per heavy atom. The number of carbonyl (C=O) groups excluding carboxylic acids is 1. The molecule has 5 heteroatoms. The van der Waals surface area contributed by atoms with Crippen molar-refractivity contribution in [2.75, 3.05) is 4.90 Å². The number of amides is 1. The van der Waals surface area contributed by atoms with E-state index in [2.05, 4.69) is 43.3 Å². The average Bonchev–Trinajstić information content (AvgIpc) is 3.34. The molecule has 1 aromatic heterocycles. The summed E-state index contributed by atoms with van der Waals surface area (Å²) in [4.78, 5) is 17.1. The molecule has 34 heavy (non-hydrogen) atoms. The molecule has 0 aliphatic carbocycles. The van der Waals surface area contributed by atoms with Crippen LogP contribution in [0.15, 0.2) is 91.0 Å². The predicted molar refractivity (Wildman–Crippen MR) is 143 cm³/mol. The number of anilines is 1. The second-order valence-corrected chi connectivity index (χ2v) is 9.73. The number of nitrogens with zero attached hydrogens (tertiary/aromatic N) is 1. The molecule has 0 fully saturated rings. The minimum atomic E-state index is 0.124. The second-order valence-electron chi connectivity index (χ2n) is 8.13. The van der Waals surface area contributed by atoms with Gasteiger partial charge in [-0.15, -0.1) is 11.3 Å². The minimum Gasteiger partial charge on any atom is -0.489 e. The van der Waals surface area contributed by atoms with Crippen molar-refractivity contribution in [1.29, 1.82) is 0 Å². The molecule has 0 atom stereocenters. The first-order valence-electron chi connectivity index (χ1n) is 11.5. The zero-order valence-electron chi connectivity index (χ0n) is 19.2. The lowest BCUT2D eigenvalue weighted by Gasteiger charge is -2.22. The summed E-state index contributed by atoms with van der Waals surface area (Å²) in [6.45, 7) is 3.18. The Balaban J connectivity index is 1.45. The maximum Gasteiger partial charge on any atom is 0.227 e. The van der Waals surface area contributed by atoms with Crippen molar-refractivity contribution in [3.05, 3.63) is 106 Å². The molecule has 1 amide bonds. The number of unbranched alkanes of at least 4 members (excludes halogenated alkanes) is 1. The van der Waals surface area contributed by atoms with E-state index in [1.54, 1.807) is 11.3 Å². The molecule has 174 valence electrons. The molecule has 0 saturated carbocycles. The van der Waals surface area contributed by atoms with Gasteiger partial charge in [0.1, 0.15) is 12.4 Å². The van der Waals surface area contributed by atoms with Crippen LogP contribution in [0, 0.1) is 0 Å². The zero-order chi connectivity index (χ0) is 23.8. The van der Waals surface area contributed by atoms with Crippen LogP contribution in [0.25, 0.3) is 10.4 Å². The summed E-state index contributed by atoms with van der Waals surface area (Å²) < 4.78 is 5.91. The minimum absolute atomic E-state index is 0.124. The monoisotopic (exact) mass is 489 g/mol. The van der Waals surface area contributed by atoms with Crippen LogP contribution in [-0.2, 0) is 17.9 Å². The molecule has 0 bridgehead atoms. The molecule has 0 aliphatic rings. The van der Waals surface area contributed by atoms with Gasteiger partial charge in [0, 0.05) is 26.9 Å². The van der Waals surface area contributed by atoms with E-state index < -0.39 is 0 Å². The van der Waals surface area contributed by atoms with Gasteiger partial charge in [-0.3, -0.25) is 4.79 Å². The van der Waals surface area contributed by atoms with Gasteiger partial charge in [-0.25, -0.2) is 0 Å². The highest BCUT2D eigenvalue weighted by molar-refractivity contribution is 7.15. The summed E-state index contributed by atoms with van der Waals surface area (Å²) in [6.07, 6.45) is 2.40. The Morgan fingerprint density at radius 1 is 0.941 bits per heavy atom. The van der Waals surface area contributed by atoms with Gasteiger partial charge in [-0.1, -0.05) is 61.3 Å². The Morgan fingerprint density at radius 2 is 1.74 bits per heavy atom. The van der Waals surface area contributed by atoms with Crippen molar-refractivity contribution >= 4 is 34.5 Å². The molecule has 0 aliphatic heterocycles. The zero-order valence-corrected chi connectivity index (χ0v) is 20.8. The Labute approximate surface area is 210 Å². The van der Waals surface area contributed by atoms with Gasteiger partial charge in [-0.2, -0.15) is 0 Å². The second kappa shape index (κ2) is 11.9. The fraction of sp³-hybridized carbons (Fsp3) is 0.207. The molecule has 4 aromatic rings. The topological polar surface area (TPSA) is 29.5 Å². The fourth-order valence-corrected chi connectivity index (χ4v) is 4.85. The molecule has 0 N–H and O–H groups in total. The maximum atomic E-state index is 13.0. The van der Waals surface area contributed by atoms with Crippen molar-refractivity contribution in [3.63, 3.8) is 0 Å². The van der Waals surface area contributed by atoms with Crippen LogP contribution in [0.4, 0.5) is 5.69 Å². The SMILES string of the molecule is CCCCC(=O)N(Cc1ccc(-c2ccc(OCc3ccccc3)cc2)s1)c1cccc(Cl)c1. The summed E-state index contributed by atoms with van der Waals surface area (Å²) in [5.41, 5.74) is 3.12. The van der Waals surface area contributed by atoms with E-state index in [4.69, 9.17) is 16.3 Å². The third-order valence-electron chi connectivity index (χ3n) is 5.53. The molecule has 0 saturated heterocycles. The number of hydrogen-bond donors (Lipinski definition) is 0. The highest BCUT2D eigenvalue weighted by Gasteiger charge is 2.17. The highest BCUT2D eigenvalue weighted by atomic mass is 35.5. The summed E-state index contributed by atoms with van der Waals surface area (Å²) in [7, 11) is 0. The van der Waals surface area contributed by atoms with Crippen LogP contribution in [0.1, 0.15) is 36.6 Å². The third kappa shape index (κ3) is 6.49. The van der Waals surface area contributed by atoms with Gasteiger partial charge in [0.2, 0.25) is 5.91 Å². The Bertz CT molecular complexity index is 1200. The van der Waals surface area contributed by atoms with Crippen LogP contribution in [0.2, 0.25) is 5.02 Å². The molecule has 1 heterocycles. The van der Waals surface area contributed by atoms with E-state index in [-0.39, 0.29) is 5.91 Å². The first-order chi connectivity index (χ1) is 16.6. The normalized spacial score (nSPS) is 10.8. The largest absolute Gasteiger partial charge is 0.489 e. The van der Waals surface area contributed by atoms with E-state index in [0.717, 1.165) is 45.2 Å². The molecule has 0 spiro atoms. The van der Waals surface area contributed by atoms with Crippen molar-refractivity contribution in [1.82, 2.24) is 0 Å². The van der Waals surface area contributed by atoms with Crippen LogP contribution < -0.4 is 9.64 Å². The lowest BCUT2D eigenvalue weighted by atomic mass is 10.2. The molecule has 4 rings (SSSR count). The van der Waals surface area contributed by atoms with E-state index in [0.29, 0.717) is 24.6 Å². The van der Waals surface area contributed by atoms with E-state index in [1.165, 1.54) is 0 Å². The number of thiophene rings is 1. The molecular formula is C29H28ClNO2S. The lowest BCUT2D eigenvalue weighted by molar-refractivity contribution is -0.118. The molecule has 3 aromatic carbocycles.